The Bertz CT molecular complexity index is 745. The van der Waals surface area contributed by atoms with Gasteiger partial charge in [0.25, 0.3) is 11.3 Å². The van der Waals surface area contributed by atoms with Gasteiger partial charge in [0.1, 0.15) is 12.0 Å². The monoisotopic (exact) mass is 242 g/mol. The minimum atomic E-state index is -0.362. The summed E-state index contributed by atoms with van der Waals surface area (Å²) in [5.41, 5.74) is 0.991. The lowest BCUT2D eigenvalue weighted by Gasteiger charge is -2.04. The maximum atomic E-state index is 12.0. The van der Waals surface area contributed by atoms with Crippen molar-refractivity contribution in [3.63, 3.8) is 0 Å². The lowest BCUT2D eigenvalue weighted by Crippen LogP contribution is -2.33. The van der Waals surface area contributed by atoms with Crippen molar-refractivity contribution in [2.75, 3.05) is 5.84 Å². The normalized spacial score (nSPS) is 10.9. The standard InChI is InChI=1S/C11H10N6O/c12-17-10(18)9(6-8-4-2-1-3-5-8)15-16-7-13-14-11(16)17/h1-5,7H,6,12H2. The molecule has 0 saturated heterocycles. The fourth-order valence-corrected chi connectivity index (χ4v) is 1.76. The van der Waals surface area contributed by atoms with Gasteiger partial charge in [0, 0.05) is 6.42 Å². The molecule has 0 aliphatic heterocycles. The van der Waals surface area contributed by atoms with Crippen molar-refractivity contribution in [3.05, 3.63) is 58.3 Å². The van der Waals surface area contributed by atoms with Crippen molar-refractivity contribution in [1.29, 1.82) is 0 Å². The Morgan fingerprint density at radius 2 is 2.00 bits per heavy atom. The largest absolute Gasteiger partial charge is 0.333 e. The molecule has 0 amide bonds. The molecule has 18 heavy (non-hydrogen) atoms. The Morgan fingerprint density at radius 3 is 2.78 bits per heavy atom. The molecule has 0 unspecified atom stereocenters. The van der Waals surface area contributed by atoms with E-state index in [1.165, 1.54) is 10.8 Å². The van der Waals surface area contributed by atoms with Crippen LogP contribution in [0.4, 0.5) is 0 Å². The number of benzene rings is 1. The molecule has 0 bridgehead atoms. The van der Waals surface area contributed by atoms with Crippen LogP contribution >= 0.6 is 0 Å². The second-order valence-corrected chi connectivity index (χ2v) is 3.86. The first-order valence-electron chi connectivity index (χ1n) is 5.36. The quantitative estimate of drug-likeness (QED) is 0.617. The number of nitrogens with zero attached hydrogens (tertiary/aromatic N) is 5. The summed E-state index contributed by atoms with van der Waals surface area (Å²) in [4.78, 5) is 12.0. The van der Waals surface area contributed by atoms with E-state index in [4.69, 9.17) is 5.84 Å². The molecule has 0 saturated carbocycles. The number of nitrogen functional groups attached to an aromatic ring is 1. The van der Waals surface area contributed by atoms with Gasteiger partial charge in [0.2, 0.25) is 0 Å². The second-order valence-electron chi connectivity index (χ2n) is 3.86. The summed E-state index contributed by atoms with van der Waals surface area (Å²) >= 11 is 0. The molecule has 90 valence electrons. The molecule has 2 aromatic heterocycles. The first-order chi connectivity index (χ1) is 8.75. The number of nitrogens with two attached hydrogens (primary N) is 1. The van der Waals surface area contributed by atoms with Crippen molar-refractivity contribution in [2.45, 2.75) is 6.42 Å². The highest BCUT2D eigenvalue weighted by Crippen LogP contribution is 2.03. The summed E-state index contributed by atoms with van der Waals surface area (Å²) < 4.78 is 2.35. The van der Waals surface area contributed by atoms with Crippen LogP contribution in [0, 0.1) is 0 Å². The van der Waals surface area contributed by atoms with Gasteiger partial charge in [0.15, 0.2) is 0 Å². The molecule has 0 radical (unpaired) electrons. The van der Waals surface area contributed by atoms with Crippen LogP contribution in [0.5, 0.6) is 0 Å². The minimum Gasteiger partial charge on any atom is -0.333 e. The molecule has 0 aliphatic rings. The lowest BCUT2D eigenvalue weighted by molar-refractivity contribution is 0.765. The maximum Gasteiger partial charge on any atom is 0.295 e. The van der Waals surface area contributed by atoms with Crippen LogP contribution < -0.4 is 11.4 Å². The molecular weight excluding hydrogens is 232 g/mol. The van der Waals surface area contributed by atoms with E-state index in [9.17, 15) is 4.79 Å². The highest BCUT2D eigenvalue weighted by molar-refractivity contribution is 5.27. The summed E-state index contributed by atoms with van der Waals surface area (Å²) in [5, 5.41) is 11.5. The highest BCUT2D eigenvalue weighted by Gasteiger charge is 2.10. The van der Waals surface area contributed by atoms with Crippen LogP contribution in [0.15, 0.2) is 41.5 Å². The van der Waals surface area contributed by atoms with Gasteiger partial charge in [-0.05, 0) is 5.56 Å². The Morgan fingerprint density at radius 1 is 1.22 bits per heavy atom. The Labute approximate surface area is 101 Å². The van der Waals surface area contributed by atoms with E-state index in [-0.39, 0.29) is 11.3 Å². The van der Waals surface area contributed by atoms with Crippen LogP contribution in [0.1, 0.15) is 11.3 Å². The minimum absolute atomic E-state index is 0.219. The Balaban J connectivity index is 2.12. The van der Waals surface area contributed by atoms with Crippen LogP contribution in [-0.4, -0.2) is 24.5 Å². The zero-order valence-electron chi connectivity index (χ0n) is 9.39. The summed E-state index contributed by atoms with van der Waals surface area (Å²) in [7, 11) is 0. The third-order valence-electron chi connectivity index (χ3n) is 2.64. The van der Waals surface area contributed by atoms with Gasteiger partial charge in [-0.2, -0.15) is 14.3 Å². The summed E-state index contributed by atoms with van der Waals surface area (Å²) in [6.07, 6.45) is 1.83. The van der Waals surface area contributed by atoms with E-state index in [0.717, 1.165) is 10.2 Å². The molecule has 0 fully saturated rings. The summed E-state index contributed by atoms with van der Waals surface area (Å²) in [5.74, 6) is 5.88. The smallest absolute Gasteiger partial charge is 0.295 e. The van der Waals surface area contributed by atoms with Gasteiger partial charge in [0.05, 0.1) is 0 Å². The van der Waals surface area contributed by atoms with E-state index in [1.54, 1.807) is 0 Å². The topological polar surface area (TPSA) is 91.1 Å². The molecule has 1 aromatic carbocycles. The van der Waals surface area contributed by atoms with Crippen molar-refractivity contribution >= 4 is 5.78 Å². The van der Waals surface area contributed by atoms with Crippen molar-refractivity contribution in [1.82, 2.24) is 24.5 Å². The molecule has 0 atom stereocenters. The molecule has 3 aromatic rings. The van der Waals surface area contributed by atoms with Crippen LogP contribution in [-0.2, 0) is 6.42 Å². The predicted molar refractivity (Wildman–Crippen MR) is 64.4 cm³/mol. The van der Waals surface area contributed by atoms with Crippen molar-refractivity contribution in [3.8, 4) is 0 Å². The molecule has 0 aliphatic carbocycles. The number of rotatable bonds is 2. The number of fused-ring (bicyclic) bond motifs is 1. The molecule has 2 N–H and O–H groups in total. The Hall–Kier alpha value is -2.70. The van der Waals surface area contributed by atoms with E-state index in [1.807, 2.05) is 30.3 Å². The number of hydrogen-bond acceptors (Lipinski definition) is 5. The van der Waals surface area contributed by atoms with Gasteiger partial charge < -0.3 is 5.84 Å². The highest BCUT2D eigenvalue weighted by atomic mass is 16.1. The number of aromatic nitrogens is 5. The molecule has 7 heteroatoms. The molecule has 2 heterocycles. The molecule has 0 spiro atoms. The van der Waals surface area contributed by atoms with Crippen molar-refractivity contribution < 1.29 is 0 Å². The fraction of sp³-hybridized carbons (Fsp3) is 0.0909. The molecule has 3 rings (SSSR count). The first kappa shape index (κ1) is 10.5. The van der Waals surface area contributed by atoms with Crippen LogP contribution in [0.2, 0.25) is 0 Å². The zero-order chi connectivity index (χ0) is 12.5. The van der Waals surface area contributed by atoms with Gasteiger partial charge in [-0.25, -0.2) is 0 Å². The SMILES string of the molecule is Nn1c(=O)c(Cc2ccccc2)nn2cnnc12. The van der Waals surface area contributed by atoms with E-state index in [0.29, 0.717) is 12.1 Å². The first-order valence-corrected chi connectivity index (χ1v) is 5.36. The lowest BCUT2D eigenvalue weighted by atomic mass is 10.1. The van der Waals surface area contributed by atoms with E-state index < -0.39 is 0 Å². The average Bonchev–Trinajstić information content (AvgIpc) is 2.85. The number of hydrogen-bond donors (Lipinski definition) is 1. The molecule has 7 nitrogen and oxygen atoms in total. The van der Waals surface area contributed by atoms with Gasteiger partial charge in [-0.1, -0.05) is 30.3 Å². The predicted octanol–water partition coefficient (Wildman–Crippen LogP) is -0.409. The van der Waals surface area contributed by atoms with Gasteiger partial charge in [-0.3, -0.25) is 4.79 Å². The second kappa shape index (κ2) is 3.95. The van der Waals surface area contributed by atoms with Crippen molar-refractivity contribution in [2.24, 2.45) is 0 Å². The van der Waals surface area contributed by atoms with Gasteiger partial charge >= 0.3 is 0 Å². The Kier molecular flexibility index (Phi) is 2.30. The third kappa shape index (κ3) is 1.61. The van der Waals surface area contributed by atoms with Crippen LogP contribution in [0.3, 0.4) is 0 Å². The third-order valence-corrected chi connectivity index (χ3v) is 2.64. The maximum absolute atomic E-state index is 12.0. The fourth-order valence-electron chi connectivity index (χ4n) is 1.76. The van der Waals surface area contributed by atoms with E-state index in [2.05, 4.69) is 15.3 Å². The summed E-state index contributed by atoms with van der Waals surface area (Å²) in [6.45, 7) is 0. The average molecular weight is 242 g/mol. The zero-order valence-corrected chi connectivity index (χ0v) is 9.39. The van der Waals surface area contributed by atoms with E-state index >= 15 is 0 Å². The summed E-state index contributed by atoms with van der Waals surface area (Å²) in [6, 6.07) is 9.60. The van der Waals surface area contributed by atoms with Crippen LogP contribution in [0.25, 0.3) is 5.78 Å². The van der Waals surface area contributed by atoms with Gasteiger partial charge in [-0.15, -0.1) is 10.2 Å². The molecular formula is C11H10N6O.